The molecule has 0 saturated heterocycles. The van der Waals surface area contributed by atoms with Gasteiger partial charge in [0.25, 0.3) is 7.82 Å². The van der Waals surface area contributed by atoms with Crippen LogP contribution in [0.5, 0.6) is 0 Å². The number of allylic oxidation sites excluding steroid dienone is 17. The van der Waals surface area contributed by atoms with Crippen LogP contribution in [0, 0.1) is 0 Å². The van der Waals surface area contributed by atoms with Gasteiger partial charge in [0.15, 0.2) is 6.10 Å². The molecule has 0 aromatic heterocycles. The number of hydrogen-bond acceptors (Lipinski definition) is 11. The van der Waals surface area contributed by atoms with E-state index in [2.05, 4.69) is 55.5 Å². The molecule has 0 aliphatic carbocycles. The lowest BCUT2D eigenvalue weighted by atomic mass is 10.1. The maximum absolute atomic E-state index is 12.7. The van der Waals surface area contributed by atoms with Gasteiger partial charge in [-0.15, -0.1) is 0 Å². The van der Waals surface area contributed by atoms with E-state index >= 15 is 0 Å². The highest BCUT2D eigenvalue weighted by Crippen LogP contribution is 2.38. The minimum atomic E-state index is -4.73. The molecule has 0 heterocycles. The van der Waals surface area contributed by atoms with Gasteiger partial charge in [-0.1, -0.05) is 135 Å². The number of hydrogen-bond donors (Lipinski definition) is 3. The fourth-order valence-corrected chi connectivity index (χ4v) is 5.58. The van der Waals surface area contributed by atoms with E-state index in [0.717, 1.165) is 38.5 Å². The lowest BCUT2D eigenvalue weighted by molar-refractivity contribution is -0.870. The maximum atomic E-state index is 12.7. The molecule has 0 rings (SSSR count). The lowest BCUT2D eigenvalue weighted by Gasteiger charge is -2.28. The molecular formula is C48H76NO11P. The van der Waals surface area contributed by atoms with Crippen LogP contribution in [0.3, 0.4) is 0 Å². The van der Waals surface area contributed by atoms with Crippen molar-refractivity contribution >= 4 is 19.8 Å². The van der Waals surface area contributed by atoms with Crippen LogP contribution in [0.25, 0.3) is 0 Å². The van der Waals surface area contributed by atoms with Gasteiger partial charge in [0.05, 0.1) is 46.1 Å². The first-order valence-corrected chi connectivity index (χ1v) is 23.0. The molecule has 61 heavy (non-hydrogen) atoms. The van der Waals surface area contributed by atoms with Crippen molar-refractivity contribution < 1.29 is 57.4 Å². The number of aliphatic hydroxyl groups is 3. The van der Waals surface area contributed by atoms with Gasteiger partial charge in [-0.2, -0.15) is 0 Å². The topological polar surface area (TPSA) is 172 Å². The van der Waals surface area contributed by atoms with E-state index < -0.39 is 57.4 Å². The molecule has 12 nitrogen and oxygen atoms in total. The molecule has 0 fully saturated rings. The summed E-state index contributed by atoms with van der Waals surface area (Å²) in [6, 6.07) is 0. The Kier molecular flexibility index (Phi) is 35.7. The van der Waals surface area contributed by atoms with Crippen LogP contribution in [0.15, 0.2) is 122 Å². The Hall–Kier alpha value is -3.71. The zero-order valence-corrected chi connectivity index (χ0v) is 38.3. The van der Waals surface area contributed by atoms with Crippen LogP contribution in [0.2, 0.25) is 0 Å². The summed E-state index contributed by atoms with van der Waals surface area (Å²) in [6.07, 6.45) is 41.9. The van der Waals surface area contributed by atoms with Crippen LogP contribution < -0.4 is 4.89 Å². The van der Waals surface area contributed by atoms with E-state index in [1.54, 1.807) is 42.5 Å². The SMILES string of the molecule is CC/C=C\C/C=C\C/C=C\C/C=C\C/C=C\CCCC(=O)O[C@H](COC(=O)CCC[C@H](O)[C@@H](O)\C=C/C=C\C=C\C=C\[C@H](O)C/C=C\CC)COP(=O)([O-])OCC[N+](C)(C)C. The van der Waals surface area contributed by atoms with Crippen molar-refractivity contribution in [1.29, 1.82) is 0 Å². The Morgan fingerprint density at radius 1 is 0.656 bits per heavy atom. The van der Waals surface area contributed by atoms with Crippen LogP contribution in [-0.2, 0) is 32.7 Å². The second-order valence-corrected chi connectivity index (χ2v) is 16.6. The molecule has 1 unspecified atom stereocenters. The van der Waals surface area contributed by atoms with E-state index in [1.165, 1.54) is 6.08 Å². The molecule has 0 radical (unpaired) electrons. The molecule has 344 valence electrons. The van der Waals surface area contributed by atoms with Gasteiger partial charge >= 0.3 is 11.9 Å². The van der Waals surface area contributed by atoms with Crippen molar-refractivity contribution in [2.24, 2.45) is 0 Å². The minimum absolute atomic E-state index is 0.0642. The summed E-state index contributed by atoms with van der Waals surface area (Å²) in [6.45, 7) is 3.41. The van der Waals surface area contributed by atoms with E-state index in [1.807, 2.05) is 52.4 Å². The van der Waals surface area contributed by atoms with E-state index in [-0.39, 0.29) is 32.3 Å². The van der Waals surface area contributed by atoms with Gasteiger partial charge < -0.3 is 43.2 Å². The summed E-state index contributed by atoms with van der Waals surface area (Å²) in [5, 5.41) is 30.4. The predicted octanol–water partition coefficient (Wildman–Crippen LogP) is 8.41. The second-order valence-electron chi connectivity index (χ2n) is 15.2. The molecule has 0 amide bonds. The van der Waals surface area contributed by atoms with Crippen LogP contribution in [-0.4, -0.2) is 104 Å². The zero-order valence-electron chi connectivity index (χ0n) is 37.4. The predicted molar refractivity (Wildman–Crippen MR) is 244 cm³/mol. The molecule has 0 aliphatic heterocycles. The summed E-state index contributed by atoms with van der Waals surface area (Å²) in [7, 11) is 0.912. The summed E-state index contributed by atoms with van der Waals surface area (Å²) < 4.78 is 33.5. The number of unbranched alkanes of at least 4 members (excludes halogenated alkanes) is 1. The fraction of sp³-hybridized carbons (Fsp3) is 0.542. The minimum Gasteiger partial charge on any atom is -0.756 e. The number of phosphoric acid groups is 1. The molecule has 0 spiro atoms. The van der Waals surface area contributed by atoms with E-state index in [4.69, 9.17) is 18.5 Å². The molecule has 3 N–H and O–H groups in total. The number of rotatable bonds is 36. The Morgan fingerprint density at radius 3 is 1.77 bits per heavy atom. The molecule has 0 aromatic carbocycles. The number of carbonyl (C=O) groups is 2. The van der Waals surface area contributed by atoms with Gasteiger partial charge in [0.2, 0.25) is 0 Å². The number of phosphoric ester groups is 1. The number of carbonyl (C=O) groups excluding carboxylic acids is 2. The first kappa shape index (κ1) is 57.3. The normalized spacial score (nSPS) is 16.3. The number of ether oxygens (including phenoxy) is 2. The smallest absolute Gasteiger partial charge is 0.306 e. The van der Waals surface area contributed by atoms with Gasteiger partial charge in [-0.25, -0.2) is 0 Å². The number of nitrogens with zero attached hydrogens (tertiary/aromatic N) is 1. The van der Waals surface area contributed by atoms with E-state index in [0.29, 0.717) is 30.3 Å². The van der Waals surface area contributed by atoms with Crippen molar-refractivity contribution in [1.82, 2.24) is 0 Å². The standard InChI is InChI=1S/C48H76NO11P/c1-6-8-10-11-12-13-14-15-16-17-18-19-20-21-22-27-31-37-48(54)60-44(42-59-61(55,56)58-40-39-49(3,4)5)41-57-47(53)38-32-36-46(52)45(51)35-30-26-24-23-25-29-34-43(50)33-28-9-7-2/h8-10,12-13,15-16,18-19,21-26,28-30,34-35,43-46,50-52H,6-7,11,14,17,20,27,31-33,36-42H2,1-5H3/b10-8-,13-12-,16-15-,19-18-,22-21-,25-23+,26-24-,28-9-,34-29+,35-30-/t43-,44-,45+,46+/m1/s1. The zero-order chi connectivity index (χ0) is 45.5. The lowest BCUT2D eigenvalue weighted by Crippen LogP contribution is -2.37. The van der Waals surface area contributed by atoms with Crippen molar-refractivity contribution in [2.45, 2.75) is 122 Å². The third-order valence-electron chi connectivity index (χ3n) is 8.32. The monoisotopic (exact) mass is 874 g/mol. The summed E-state index contributed by atoms with van der Waals surface area (Å²) in [5.74, 6) is -1.25. The molecular weight excluding hydrogens is 797 g/mol. The summed E-state index contributed by atoms with van der Waals surface area (Å²) in [4.78, 5) is 37.6. The van der Waals surface area contributed by atoms with Gasteiger partial charge in [-0.3, -0.25) is 14.2 Å². The Labute approximate surface area is 366 Å². The Morgan fingerprint density at radius 2 is 1.18 bits per heavy atom. The second kappa shape index (κ2) is 38.0. The quantitative estimate of drug-likeness (QED) is 0.0138. The van der Waals surface area contributed by atoms with Crippen LogP contribution in [0.1, 0.15) is 97.3 Å². The molecule has 0 bridgehead atoms. The number of quaternary nitrogens is 1. The van der Waals surface area contributed by atoms with Crippen molar-refractivity contribution in [2.75, 3.05) is 47.5 Å². The molecule has 0 saturated carbocycles. The van der Waals surface area contributed by atoms with Crippen molar-refractivity contribution in [3.63, 3.8) is 0 Å². The highest BCUT2D eigenvalue weighted by molar-refractivity contribution is 7.45. The maximum Gasteiger partial charge on any atom is 0.306 e. The number of likely N-dealkylation sites (N-methyl/N-ethyl adjacent to an activating group) is 1. The van der Waals surface area contributed by atoms with Gasteiger partial charge in [-0.05, 0) is 70.6 Å². The number of aliphatic hydroxyl groups excluding tert-OH is 3. The van der Waals surface area contributed by atoms with Crippen molar-refractivity contribution in [3.05, 3.63) is 122 Å². The highest BCUT2D eigenvalue weighted by Gasteiger charge is 2.22. The summed E-state index contributed by atoms with van der Waals surface area (Å²) >= 11 is 0. The average molecular weight is 874 g/mol. The van der Waals surface area contributed by atoms with Gasteiger partial charge in [0, 0.05) is 12.8 Å². The number of esters is 2. The first-order chi connectivity index (χ1) is 29.2. The average Bonchev–Trinajstić information content (AvgIpc) is 3.20. The highest BCUT2D eigenvalue weighted by atomic mass is 31.2. The summed E-state index contributed by atoms with van der Waals surface area (Å²) in [5.41, 5.74) is 0. The first-order valence-electron chi connectivity index (χ1n) is 21.6. The molecule has 5 atom stereocenters. The van der Waals surface area contributed by atoms with E-state index in [9.17, 15) is 34.4 Å². The van der Waals surface area contributed by atoms with Crippen molar-refractivity contribution in [3.8, 4) is 0 Å². The largest absolute Gasteiger partial charge is 0.756 e. The molecule has 0 aromatic rings. The van der Waals surface area contributed by atoms with Crippen LogP contribution >= 0.6 is 7.82 Å². The molecule has 0 aliphatic rings. The third-order valence-corrected chi connectivity index (χ3v) is 9.28. The molecule has 13 heteroatoms. The Bertz CT molecular complexity index is 1500. The fourth-order valence-electron chi connectivity index (χ4n) is 4.85. The van der Waals surface area contributed by atoms with Gasteiger partial charge in [0.1, 0.15) is 19.8 Å². The third kappa shape index (κ3) is 40.1. The Balaban J connectivity index is 4.82. The van der Waals surface area contributed by atoms with Crippen LogP contribution in [0.4, 0.5) is 0 Å².